The Bertz CT molecular complexity index is 560. The van der Waals surface area contributed by atoms with Crippen LogP contribution in [0.1, 0.15) is 5.56 Å². The second kappa shape index (κ2) is 3.90. The number of nitrogens with zero attached hydrogens (tertiary/aromatic N) is 2. The minimum absolute atomic E-state index is 0.745. The Hall–Kier alpha value is -2.36. The molecule has 0 aliphatic heterocycles. The van der Waals surface area contributed by atoms with Crippen LogP contribution in [0.5, 0.6) is 0 Å². The maximum absolute atomic E-state index is 5.29. The first-order valence-electron chi connectivity index (χ1n) is 5.22. The predicted octanol–water partition coefficient (Wildman–Crippen LogP) is 3.31. The number of aryl methyl sites for hydroxylation is 1. The van der Waals surface area contributed by atoms with Gasteiger partial charge in [-0.1, -0.05) is 0 Å². The zero-order valence-corrected chi connectivity index (χ0v) is 9.25. The molecule has 0 unspecified atom stereocenters. The Balaban J connectivity index is 2.13. The number of oxazole rings is 2. The quantitative estimate of drug-likeness (QED) is 0.672. The summed E-state index contributed by atoms with van der Waals surface area (Å²) in [6.07, 6.45) is 6.23. The number of hydrogen-bond acceptors (Lipinski definition) is 4. The second-order valence-corrected chi connectivity index (χ2v) is 3.82. The SMILES string of the molecule is Cc1cc(-c2cnco2)cc(-c2cnco2)c1. The molecule has 4 heteroatoms. The molecule has 0 aliphatic rings. The van der Waals surface area contributed by atoms with Crippen LogP contribution >= 0.6 is 0 Å². The fourth-order valence-corrected chi connectivity index (χ4v) is 1.78. The van der Waals surface area contributed by atoms with Gasteiger partial charge in [-0.25, -0.2) is 9.97 Å². The van der Waals surface area contributed by atoms with Crippen LogP contribution in [-0.4, -0.2) is 9.97 Å². The number of hydrogen-bond donors (Lipinski definition) is 0. The van der Waals surface area contributed by atoms with E-state index in [1.54, 1.807) is 12.4 Å². The van der Waals surface area contributed by atoms with Crippen molar-refractivity contribution in [3.05, 3.63) is 48.9 Å². The van der Waals surface area contributed by atoms with Crippen LogP contribution in [0.4, 0.5) is 0 Å². The van der Waals surface area contributed by atoms with Gasteiger partial charge in [0.15, 0.2) is 24.3 Å². The number of aromatic nitrogens is 2. The molecular weight excluding hydrogens is 216 g/mol. The van der Waals surface area contributed by atoms with Crippen LogP contribution in [0, 0.1) is 6.92 Å². The van der Waals surface area contributed by atoms with Crippen LogP contribution in [0.25, 0.3) is 22.6 Å². The van der Waals surface area contributed by atoms with Crippen LogP contribution in [0.2, 0.25) is 0 Å². The van der Waals surface area contributed by atoms with E-state index in [1.165, 1.54) is 12.8 Å². The van der Waals surface area contributed by atoms with E-state index in [1.807, 2.05) is 25.1 Å². The molecule has 2 heterocycles. The molecule has 0 N–H and O–H groups in total. The lowest BCUT2D eigenvalue weighted by molar-refractivity contribution is 0.570. The monoisotopic (exact) mass is 226 g/mol. The smallest absolute Gasteiger partial charge is 0.181 e. The van der Waals surface area contributed by atoms with E-state index >= 15 is 0 Å². The first-order chi connectivity index (χ1) is 8.33. The molecule has 17 heavy (non-hydrogen) atoms. The summed E-state index contributed by atoms with van der Waals surface area (Å²) in [7, 11) is 0. The summed E-state index contributed by atoms with van der Waals surface area (Å²) in [5, 5.41) is 0. The Kier molecular flexibility index (Phi) is 2.26. The van der Waals surface area contributed by atoms with Crippen molar-refractivity contribution in [3.63, 3.8) is 0 Å². The molecule has 0 spiro atoms. The average Bonchev–Trinajstić information content (AvgIpc) is 3.02. The summed E-state index contributed by atoms with van der Waals surface area (Å²) < 4.78 is 10.6. The largest absolute Gasteiger partial charge is 0.444 e. The van der Waals surface area contributed by atoms with Gasteiger partial charge in [0.1, 0.15) is 0 Å². The fourth-order valence-electron chi connectivity index (χ4n) is 1.78. The highest BCUT2D eigenvalue weighted by Crippen LogP contribution is 2.27. The molecule has 0 fully saturated rings. The van der Waals surface area contributed by atoms with Crippen LogP contribution < -0.4 is 0 Å². The van der Waals surface area contributed by atoms with Crippen molar-refractivity contribution in [3.8, 4) is 22.6 Å². The van der Waals surface area contributed by atoms with Gasteiger partial charge >= 0.3 is 0 Å². The molecule has 0 atom stereocenters. The molecule has 3 rings (SSSR count). The Morgan fingerprint density at radius 3 is 1.76 bits per heavy atom. The maximum Gasteiger partial charge on any atom is 0.181 e. The normalized spacial score (nSPS) is 10.6. The van der Waals surface area contributed by atoms with Crippen molar-refractivity contribution in [1.29, 1.82) is 0 Å². The van der Waals surface area contributed by atoms with E-state index in [-0.39, 0.29) is 0 Å². The molecule has 3 aromatic rings. The fraction of sp³-hybridized carbons (Fsp3) is 0.0769. The molecule has 0 radical (unpaired) electrons. The predicted molar refractivity (Wildman–Crippen MR) is 62.2 cm³/mol. The molecule has 0 saturated carbocycles. The first-order valence-corrected chi connectivity index (χ1v) is 5.22. The standard InChI is InChI=1S/C13H10N2O2/c1-9-2-10(12-5-14-7-16-12)4-11(3-9)13-6-15-8-17-13/h2-8H,1H3. The molecule has 0 amide bonds. The zero-order valence-electron chi connectivity index (χ0n) is 9.25. The topological polar surface area (TPSA) is 52.1 Å². The molecule has 1 aromatic carbocycles. The van der Waals surface area contributed by atoms with E-state index in [0.29, 0.717) is 0 Å². The summed E-state index contributed by atoms with van der Waals surface area (Å²) >= 11 is 0. The van der Waals surface area contributed by atoms with Gasteiger partial charge in [0.2, 0.25) is 0 Å². The average molecular weight is 226 g/mol. The van der Waals surface area contributed by atoms with Crippen LogP contribution in [0.15, 0.2) is 52.2 Å². The lowest BCUT2D eigenvalue weighted by Crippen LogP contribution is -1.81. The lowest BCUT2D eigenvalue weighted by atomic mass is 10.0. The lowest BCUT2D eigenvalue weighted by Gasteiger charge is -2.02. The highest BCUT2D eigenvalue weighted by Gasteiger charge is 2.07. The number of rotatable bonds is 2. The highest BCUT2D eigenvalue weighted by atomic mass is 16.3. The Morgan fingerprint density at radius 2 is 1.35 bits per heavy atom. The first kappa shape index (κ1) is 9.84. The van der Waals surface area contributed by atoms with Crippen molar-refractivity contribution in [2.75, 3.05) is 0 Å². The van der Waals surface area contributed by atoms with Crippen LogP contribution in [0.3, 0.4) is 0 Å². The van der Waals surface area contributed by atoms with Gasteiger partial charge < -0.3 is 8.83 Å². The highest BCUT2D eigenvalue weighted by molar-refractivity contribution is 5.68. The van der Waals surface area contributed by atoms with Crippen molar-refractivity contribution in [1.82, 2.24) is 9.97 Å². The molecule has 0 aliphatic carbocycles. The van der Waals surface area contributed by atoms with Gasteiger partial charge in [-0.15, -0.1) is 0 Å². The minimum Gasteiger partial charge on any atom is -0.444 e. The van der Waals surface area contributed by atoms with Crippen molar-refractivity contribution in [2.24, 2.45) is 0 Å². The molecular formula is C13H10N2O2. The second-order valence-electron chi connectivity index (χ2n) is 3.82. The van der Waals surface area contributed by atoms with Crippen molar-refractivity contribution >= 4 is 0 Å². The third-order valence-electron chi connectivity index (χ3n) is 2.51. The molecule has 84 valence electrons. The molecule has 0 bridgehead atoms. The summed E-state index contributed by atoms with van der Waals surface area (Å²) in [5.74, 6) is 1.49. The van der Waals surface area contributed by atoms with Crippen molar-refractivity contribution < 1.29 is 8.83 Å². The third-order valence-corrected chi connectivity index (χ3v) is 2.51. The van der Waals surface area contributed by atoms with Gasteiger partial charge in [-0.2, -0.15) is 0 Å². The third kappa shape index (κ3) is 1.85. The molecule has 0 saturated heterocycles. The van der Waals surface area contributed by atoms with E-state index in [9.17, 15) is 0 Å². The van der Waals surface area contributed by atoms with Gasteiger partial charge in [0.25, 0.3) is 0 Å². The Labute approximate surface area is 97.9 Å². The molecule has 4 nitrogen and oxygen atoms in total. The van der Waals surface area contributed by atoms with Gasteiger partial charge in [-0.3, -0.25) is 0 Å². The van der Waals surface area contributed by atoms with E-state index < -0.39 is 0 Å². The van der Waals surface area contributed by atoms with E-state index in [4.69, 9.17) is 8.83 Å². The van der Waals surface area contributed by atoms with Crippen molar-refractivity contribution in [2.45, 2.75) is 6.92 Å². The zero-order chi connectivity index (χ0) is 11.7. The van der Waals surface area contributed by atoms with E-state index in [0.717, 1.165) is 28.2 Å². The molecule has 2 aromatic heterocycles. The van der Waals surface area contributed by atoms with Gasteiger partial charge in [-0.05, 0) is 30.7 Å². The maximum atomic E-state index is 5.29. The minimum atomic E-state index is 0.745. The van der Waals surface area contributed by atoms with Crippen LogP contribution in [-0.2, 0) is 0 Å². The summed E-state index contributed by atoms with van der Waals surface area (Å²) in [5.41, 5.74) is 3.09. The summed E-state index contributed by atoms with van der Waals surface area (Å²) in [6, 6.07) is 6.08. The summed E-state index contributed by atoms with van der Waals surface area (Å²) in [4.78, 5) is 7.84. The van der Waals surface area contributed by atoms with Gasteiger partial charge in [0.05, 0.1) is 12.4 Å². The Morgan fingerprint density at radius 1 is 0.824 bits per heavy atom. The summed E-state index contributed by atoms with van der Waals surface area (Å²) in [6.45, 7) is 2.03. The number of benzene rings is 1. The van der Waals surface area contributed by atoms with E-state index in [2.05, 4.69) is 9.97 Å². The van der Waals surface area contributed by atoms with Gasteiger partial charge in [0, 0.05) is 11.1 Å².